The minimum Gasteiger partial charge on any atom is -0.406 e. The van der Waals surface area contributed by atoms with Crippen molar-refractivity contribution in [3.63, 3.8) is 0 Å². The predicted molar refractivity (Wildman–Crippen MR) is 47.8 cm³/mol. The van der Waals surface area contributed by atoms with Crippen molar-refractivity contribution in [3.8, 4) is 11.8 Å². The van der Waals surface area contributed by atoms with Crippen molar-refractivity contribution in [2.24, 2.45) is 0 Å². The van der Waals surface area contributed by atoms with Gasteiger partial charge in [0.1, 0.15) is 5.75 Å². The van der Waals surface area contributed by atoms with Crippen molar-refractivity contribution < 1.29 is 17.9 Å². The highest BCUT2D eigenvalue weighted by molar-refractivity contribution is 5.52. The van der Waals surface area contributed by atoms with Gasteiger partial charge in [-0.05, 0) is 23.8 Å². The largest absolute Gasteiger partial charge is 0.573 e. The Labute approximate surface area is 84.2 Å². The van der Waals surface area contributed by atoms with Crippen LogP contribution in [0, 0.1) is 11.3 Å². The molecule has 1 aromatic rings. The Kier molecular flexibility index (Phi) is 3.34. The zero-order chi connectivity index (χ0) is 11.3. The van der Waals surface area contributed by atoms with Crippen LogP contribution in [0.15, 0.2) is 30.3 Å². The van der Waals surface area contributed by atoms with Gasteiger partial charge in [-0.15, -0.1) is 13.2 Å². The van der Waals surface area contributed by atoms with Crippen LogP contribution < -0.4 is 4.74 Å². The molecule has 0 aliphatic rings. The molecule has 0 saturated heterocycles. The summed E-state index contributed by atoms with van der Waals surface area (Å²) in [6.45, 7) is 0. The average Bonchev–Trinajstić information content (AvgIpc) is 2.14. The van der Waals surface area contributed by atoms with Crippen LogP contribution in [0.3, 0.4) is 0 Å². The molecule has 15 heavy (non-hydrogen) atoms. The van der Waals surface area contributed by atoms with Crippen molar-refractivity contribution in [2.75, 3.05) is 0 Å². The lowest BCUT2D eigenvalue weighted by molar-refractivity contribution is -0.274. The molecule has 0 saturated carbocycles. The molecule has 78 valence electrons. The van der Waals surface area contributed by atoms with Crippen molar-refractivity contribution in [1.29, 1.82) is 5.26 Å². The highest BCUT2D eigenvalue weighted by Gasteiger charge is 2.30. The molecule has 0 aliphatic heterocycles. The van der Waals surface area contributed by atoms with Crippen molar-refractivity contribution in [3.05, 3.63) is 35.9 Å². The first kappa shape index (κ1) is 11.1. The Morgan fingerprint density at radius 1 is 1.20 bits per heavy atom. The number of hydrogen-bond donors (Lipinski definition) is 0. The number of rotatable bonds is 2. The number of nitrogens with zero attached hydrogens (tertiary/aromatic N) is 1. The highest BCUT2D eigenvalue weighted by atomic mass is 19.4. The smallest absolute Gasteiger partial charge is 0.406 e. The van der Waals surface area contributed by atoms with Gasteiger partial charge in [0.15, 0.2) is 0 Å². The van der Waals surface area contributed by atoms with E-state index in [0.29, 0.717) is 5.56 Å². The number of benzene rings is 1. The van der Waals surface area contributed by atoms with E-state index in [4.69, 9.17) is 5.26 Å². The molecule has 2 nitrogen and oxygen atoms in total. The van der Waals surface area contributed by atoms with Crippen LogP contribution in [0.5, 0.6) is 5.75 Å². The van der Waals surface area contributed by atoms with Crippen LogP contribution >= 0.6 is 0 Å². The van der Waals surface area contributed by atoms with Crippen LogP contribution in [0.2, 0.25) is 0 Å². The Morgan fingerprint density at radius 2 is 1.80 bits per heavy atom. The zero-order valence-electron chi connectivity index (χ0n) is 7.45. The van der Waals surface area contributed by atoms with E-state index in [-0.39, 0.29) is 5.75 Å². The molecule has 1 rings (SSSR count). The Balaban J connectivity index is 2.74. The van der Waals surface area contributed by atoms with E-state index in [1.165, 1.54) is 36.4 Å². The van der Waals surface area contributed by atoms with E-state index in [0.717, 1.165) is 0 Å². The summed E-state index contributed by atoms with van der Waals surface area (Å²) < 4.78 is 39.0. The summed E-state index contributed by atoms with van der Waals surface area (Å²) in [5.74, 6) is -0.281. The van der Waals surface area contributed by atoms with E-state index < -0.39 is 6.36 Å². The topological polar surface area (TPSA) is 33.0 Å². The Morgan fingerprint density at radius 3 is 2.27 bits per heavy atom. The van der Waals surface area contributed by atoms with Crippen LogP contribution in [0.1, 0.15) is 5.56 Å². The second-order valence-corrected chi connectivity index (χ2v) is 2.58. The van der Waals surface area contributed by atoms with Gasteiger partial charge in [-0.25, -0.2) is 0 Å². The maximum absolute atomic E-state index is 11.8. The standard InChI is InChI=1S/C10H6F3NO/c11-10(12,13)15-9-5-3-8(4-6-9)2-1-7-14/h1-6H. The van der Waals surface area contributed by atoms with E-state index in [9.17, 15) is 13.2 Å². The van der Waals surface area contributed by atoms with Gasteiger partial charge < -0.3 is 4.74 Å². The molecule has 0 radical (unpaired) electrons. The Bertz CT molecular complexity index is 387. The Hall–Kier alpha value is -1.96. The molecule has 0 atom stereocenters. The maximum Gasteiger partial charge on any atom is 0.573 e. The molecule has 0 spiro atoms. The van der Waals surface area contributed by atoms with Crippen LogP contribution in [0.4, 0.5) is 13.2 Å². The minimum atomic E-state index is -4.68. The first-order valence-corrected chi connectivity index (χ1v) is 3.93. The number of hydrogen-bond acceptors (Lipinski definition) is 2. The molecule has 5 heteroatoms. The van der Waals surface area contributed by atoms with E-state index in [2.05, 4.69) is 4.74 Å². The monoisotopic (exact) mass is 213 g/mol. The fourth-order valence-electron chi connectivity index (χ4n) is 0.914. The summed E-state index contributed by atoms with van der Waals surface area (Å²) in [7, 11) is 0. The van der Waals surface area contributed by atoms with Gasteiger partial charge in [0.25, 0.3) is 0 Å². The minimum absolute atomic E-state index is 0.281. The molecule has 0 unspecified atom stereocenters. The number of ether oxygens (including phenoxy) is 1. The van der Waals surface area contributed by atoms with Crippen LogP contribution in [0.25, 0.3) is 6.08 Å². The van der Waals surface area contributed by atoms with Gasteiger partial charge in [0.05, 0.1) is 6.07 Å². The molecular weight excluding hydrogens is 207 g/mol. The number of halogens is 3. The first-order valence-electron chi connectivity index (χ1n) is 3.93. The molecule has 0 bridgehead atoms. The third-order valence-electron chi connectivity index (χ3n) is 1.46. The van der Waals surface area contributed by atoms with Gasteiger partial charge in [-0.2, -0.15) is 5.26 Å². The average molecular weight is 213 g/mol. The number of nitriles is 1. The summed E-state index contributed by atoms with van der Waals surface area (Å²) in [5, 5.41) is 8.22. The molecule has 0 N–H and O–H groups in total. The molecule has 0 aromatic heterocycles. The molecule has 0 aliphatic carbocycles. The second kappa shape index (κ2) is 4.51. The summed E-state index contributed by atoms with van der Waals surface area (Å²) >= 11 is 0. The summed E-state index contributed by atoms with van der Waals surface area (Å²) in [5.41, 5.74) is 0.631. The predicted octanol–water partition coefficient (Wildman–Crippen LogP) is 3.12. The SMILES string of the molecule is N#CC=Cc1ccc(OC(F)(F)F)cc1. The van der Waals surface area contributed by atoms with Gasteiger partial charge in [-0.3, -0.25) is 0 Å². The van der Waals surface area contributed by atoms with Crippen molar-refractivity contribution in [2.45, 2.75) is 6.36 Å². The van der Waals surface area contributed by atoms with Gasteiger partial charge in [0, 0.05) is 6.08 Å². The van der Waals surface area contributed by atoms with Crippen molar-refractivity contribution in [1.82, 2.24) is 0 Å². The second-order valence-electron chi connectivity index (χ2n) is 2.58. The lowest BCUT2D eigenvalue weighted by Gasteiger charge is -2.08. The maximum atomic E-state index is 11.8. The zero-order valence-corrected chi connectivity index (χ0v) is 7.45. The van der Waals surface area contributed by atoms with Gasteiger partial charge in [0.2, 0.25) is 0 Å². The lowest BCUT2D eigenvalue weighted by atomic mass is 10.2. The van der Waals surface area contributed by atoms with Crippen LogP contribution in [-0.2, 0) is 0 Å². The fraction of sp³-hybridized carbons (Fsp3) is 0.100. The lowest BCUT2D eigenvalue weighted by Crippen LogP contribution is -2.16. The highest BCUT2D eigenvalue weighted by Crippen LogP contribution is 2.22. The molecular formula is C10H6F3NO. The molecule has 1 aromatic carbocycles. The van der Waals surface area contributed by atoms with Crippen molar-refractivity contribution >= 4 is 6.08 Å². The van der Waals surface area contributed by atoms with Gasteiger partial charge >= 0.3 is 6.36 Å². The van der Waals surface area contributed by atoms with E-state index in [1.54, 1.807) is 6.07 Å². The summed E-state index contributed by atoms with van der Waals surface area (Å²) in [4.78, 5) is 0. The number of alkyl halides is 3. The normalized spacial score (nSPS) is 11.3. The summed E-state index contributed by atoms with van der Waals surface area (Å²) in [6, 6.07) is 7.00. The van der Waals surface area contributed by atoms with Crippen LogP contribution in [-0.4, -0.2) is 6.36 Å². The molecule has 0 fully saturated rings. The number of allylic oxidation sites excluding steroid dienone is 1. The third-order valence-corrected chi connectivity index (χ3v) is 1.46. The quantitative estimate of drug-likeness (QED) is 0.707. The first-order chi connectivity index (χ1) is 7.01. The molecule has 0 amide bonds. The van der Waals surface area contributed by atoms with E-state index >= 15 is 0 Å². The molecule has 0 heterocycles. The fourth-order valence-corrected chi connectivity index (χ4v) is 0.914. The van der Waals surface area contributed by atoms with Gasteiger partial charge in [-0.1, -0.05) is 12.1 Å². The summed E-state index contributed by atoms with van der Waals surface area (Å²) in [6.07, 6.45) is -1.96. The van der Waals surface area contributed by atoms with E-state index in [1.807, 2.05) is 0 Å². The third kappa shape index (κ3) is 4.18.